The summed E-state index contributed by atoms with van der Waals surface area (Å²) in [5.41, 5.74) is 1.20. The normalized spacial score (nSPS) is 12.7. The molecule has 0 aromatic carbocycles. The molecule has 1 heterocycles. The Kier molecular flexibility index (Phi) is 5.50. The van der Waals surface area contributed by atoms with Crippen LogP contribution >= 0.6 is 11.8 Å². The summed E-state index contributed by atoms with van der Waals surface area (Å²) in [6.45, 7) is 6.75. The van der Waals surface area contributed by atoms with Crippen LogP contribution in [-0.4, -0.2) is 27.8 Å². The molecule has 0 bridgehead atoms. The van der Waals surface area contributed by atoms with Crippen LogP contribution in [0, 0.1) is 0 Å². The number of rotatable bonds is 7. The summed E-state index contributed by atoms with van der Waals surface area (Å²) >= 11 is 1.89. The molecule has 0 saturated carbocycles. The van der Waals surface area contributed by atoms with Crippen molar-refractivity contribution >= 4 is 18.0 Å². The number of nitrogens with zero attached hydrogens (tertiary/aromatic N) is 2. The number of thioether (sulfide) groups is 1. The van der Waals surface area contributed by atoms with Gasteiger partial charge in [0.25, 0.3) is 0 Å². The summed E-state index contributed by atoms with van der Waals surface area (Å²) in [5.74, 6) is 1.21. The van der Waals surface area contributed by atoms with Crippen molar-refractivity contribution in [1.29, 1.82) is 0 Å². The molecule has 0 aliphatic rings. The molecule has 0 spiro atoms. The molecule has 1 rings (SSSR count). The molecular formula is C11H19N3S. The fourth-order valence-electron chi connectivity index (χ4n) is 1.26. The van der Waals surface area contributed by atoms with E-state index in [1.165, 1.54) is 17.7 Å². The van der Waals surface area contributed by atoms with Crippen LogP contribution in [0.2, 0.25) is 0 Å². The maximum atomic E-state index is 4.13. The highest BCUT2D eigenvalue weighted by atomic mass is 32.2. The van der Waals surface area contributed by atoms with Gasteiger partial charge >= 0.3 is 0 Å². The second-order valence-electron chi connectivity index (χ2n) is 3.57. The Bertz CT molecular complexity index is 296. The number of aromatic nitrogens is 2. The molecule has 3 nitrogen and oxygen atoms in total. The third-order valence-electron chi connectivity index (χ3n) is 2.25. The molecule has 1 aromatic rings. The standard InChI is InChI=1S/C11H19N3S/c1-4-14-9-11(8-13-14)7-12-10(2)5-6-15-3/h4,8-10,12H,1,5-7H2,2-3H3. The van der Waals surface area contributed by atoms with E-state index in [1.807, 2.05) is 24.2 Å². The molecule has 1 atom stereocenters. The van der Waals surface area contributed by atoms with E-state index in [9.17, 15) is 0 Å². The Hall–Kier alpha value is -0.740. The Morgan fingerprint density at radius 1 is 1.73 bits per heavy atom. The molecule has 1 unspecified atom stereocenters. The van der Waals surface area contributed by atoms with Crippen LogP contribution in [0.4, 0.5) is 0 Å². The molecule has 1 aromatic heterocycles. The van der Waals surface area contributed by atoms with Gasteiger partial charge in [0.15, 0.2) is 0 Å². The van der Waals surface area contributed by atoms with Crippen LogP contribution in [0.1, 0.15) is 18.9 Å². The highest BCUT2D eigenvalue weighted by Crippen LogP contribution is 2.02. The SMILES string of the molecule is C=Cn1cc(CNC(C)CCSC)cn1. The van der Waals surface area contributed by atoms with E-state index in [-0.39, 0.29) is 0 Å². The van der Waals surface area contributed by atoms with Gasteiger partial charge in [0.2, 0.25) is 0 Å². The number of hydrogen-bond acceptors (Lipinski definition) is 3. The summed E-state index contributed by atoms with van der Waals surface area (Å²) in [6.07, 6.45) is 8.90. The van der Waals surface area contributed by atoms with Gasteiger partial charge in [0.1, 0.15) is 0 Å². The zero-order chi connectivity index (χ0) is 11.1. The van der Waals surface area contributed by atoms with E-state index < -0.39 is 0 Å². The zero-order valence-corrected chi connectivity index (χ0v) is 10.3. The zero-order valence-electron chi connectivity index (χ0n) is 9.44. The van der Waals surface area contributed by atoms with Crippen molar-refractivity contribution in [2.24, 2.45) is 0 Å². The second kappa shape index (κ2) is 6.69. The Morgan fingerprint density at radius 3 is 3.13 bits per heavy atom. The Morgan fingerprint density at radius 2 is 2.53 bits per heavy atom. The summed E-state index contributed by atoms with van der Waals surface area (Å²) < 4.78 is 1.73. The molecule has 0 aliphatic heterocycles. The van der Waals surface area contributed by atoms with Crippen molar-refractivity contribution in [3.8, 4) is 0 Å². The van der Waals surface area contributed by atoms with Crippen LogP contribution in [0.25, 0.3) is 6.20 Å². The third kappa shape index (κ3) is 4.53. The van der Waals surface area contributed by atoms with Gasteiger partial charge in [-0.2, -0.15) is 16.9 Å². The third-order valence-corrected chi connectivity index (χ3v) is 2.90. The summed E-state index contributed by atoms with van der Waals surface area (Å²) in [7, 11) is 0. The monoisotopic (exact) mass is 225 g/mol. The fourth-order valence-corrected chi connectivity index (χ4v) is 1.85. The van der Waals surface area contributed by atoms with Crippen molar-refractivity contribution < 1.29 is 0 Å². The smallest absolute Gasteiger partial charge is 0.0538 e. The maximum absolute atomic E-state index is 4.13. The number of nitrogens with one attached hydrogen (secondary N) is 1. The van der Waals surface area contributed by atoms with Crippen LogP contribution < -0.4 is 5.32 Å². The Balaban J connectivity index is 2.26. The molecule has 0 saturated heterocycles. The van der Waals surface area contributed by atoms with Crippen LogP contribution in [0.15, 0.2) is 19.0 Å². The predicted octanol–water partition coefficient (Wildman–Crippen LogP) is 2.21. The molecule has 0 amide bonds. The fraction of sp³-hybridized carbons (Fsp3) is 0.545. The first-order valence-corrected chi connectivity index (χ1v) is 6.53. The van der Waals surface area contributed by atoms with Gasteiger partial charge in [0.05, 0.1) is 6.20 Å². The van der Waals surface area contributed by atoms with E-state index in [1.54, 1.807) is 10.9 Å². The van der Waals surface area contributed by atoms with Crippen molar-refractivity contribution in [2.75, 3.05) is 12.0 Å². The first-order chi connectivity index (χ1) is 7.26. The van der Waals surface area contributed by atoms with Gasteiger partial charge in [-0.15, -0.1) is 0 Å². The van der Waals surface area contributed by atoms with Crippen LogP contribution in [0.3, 0.4) is 0 Å². The molecule has 84 valence electrons. The molecule has 15 heavy (non-hydrogen) atoms. The summed E-state index contributed by atoms with van der Waals surface area (Å²) in [6, 6.07) is 0.560. The van der Waals surface area contributed by atoms with Gasteiger partial charge in [-0.05, 0) is 25.4 Å². The molecule has 0 radical (unpaired) electrons. The minimum atomic E-state index is 0.560. The largest absolute Gasteiger partial charge is 0.310 e. The van der Waals surface area contributed by atoms with Crippen molar-refractivity contribution in [3.05, 3.63) is 24.5 Å². The maximum Gasteiger partial charge on any atom is 0.0538 e. The van der Waals surface area contributed by atoms with Crippen LogP contribution in [0.5, 0.6) is 0 Å². The van der Waals surface area contributed by atoms with E-state index in [4.69, 9.17) is 0 Å². The average molecular weight is 225 g/mol. The quantitative estimate of drug-likeness (QED) is 0.771. The highest BCUT2D eigenvalue weighted by molar-refractivity contribution is 7.98. The molecule has 1 N–H and O–H groups in total. The minimum absolute atomic E-state index is 0.560. The van der Waals surface area contributed by atoms with E-state index in [2.05, 4.69) is 30.2 Å². The van der Waals surface area contributed by atoms with Crippen LogP contribution in [-0.2, 0) is 6.54 Å². The van der Waals surface area contributed by atoms with Crippen molar-refractivity contribution in [3.63, 3.8) is 0 Å². The second-order valence-corrected chi connectivity index (χ2v) is 4.56. The molecule has 4 heteroatoms. The van der Waals surface area contributed by atoms with Gasteiger partial charge in [-0.1, -0.05) is 6.58 Å². The van der Waals surface area contributed by atoms with Gasteiger partial charge < -0.3 is 5.32 Å². The topological polar surface area (TPSA) is 29.9 Å². The average Bonchev–Trinajstić information content (AvgIpc) is 2.71. The lowest BCUT2D eigenvalue weighted by Gasteiger charge is -2.11. The van der Waals surface area contributed by atoms with E-state index in [0.29, 0.717) is 6.04 Å². The molecular weight excluding hydrogens is 206 g/mol. The van der Waals surface area contributed by atoms with E-state index in [0.717, 1.165) is 6.54 Å². The highest BCUT2D eigenvalue weighted by Gasteiger charge is 2.01. The molecule has 0 aliphatic carbocycles. The van der Waals surface area contributed by atoms with Crippen molar-refractivity contribution in [1.82, 2.24) is 15.1 Å². The Labute approximate surface area is 95.9 Å². The summed E-state index contributed by atoms with van der Waals surface area (Å²) in [5, 5.41) is 7.60. The lowest BCUT2D eigenvalue weighted by atomic mass is 10.2. The minimum Gasteiger partial charge on any atom is -0.310 e. The first-order valence-electron chi connectivity index (χ1n) is 5.14. The van der Waals surface area contributed by atoms with Gasteiger partial charge in [-0.25, -0.2) is 4.68 Å². The van der Waals surface area contributed by atoms with Gasteiger partial charge in [0, 0.05) is 30.5 Å². The number of hydrogen-bond donors (Lipinski definition) is 1. The van der Waals surface area contributed by atoms with E-state index >= 15 is 0 Å². The molecule has 0 fully saturated rings. The summed E-state index contributed by atoms with van der Waals surface area (Å²) in [4.78, 5) is 0. The first kappa shape index (κ1) is 12.3. The lowest BCUT2D eigenvalue weighted by molar-refractivity contribution is 0.537. The lowest BCUT2D eigenvalue weighted by Crippen LogP contribution is -2.25. The van der Waals surface area contributed by atoms with Crippen molar-refractivity contribution in [2.45, 2.75) is 25.9 Å². The predicted molar refractivity (Wildman–Crippen MR) is 67.9 cm³/mol. The van der Waals surface area contributed by atoms with Gasteiger partial charge in [-0.3, -0.25) is 0 Å².